The third-order valence-corrected chi connectivity index (χ3v) is 2.80. The van der Waals surface area contributed by atoms with Crippen LogP contribution in [0.2, 0.25) is 0 Å². The average molecular weight is 258 g/mol. The molecule has 1 heterocycles. The third kappa shape index (κ3) is 3.42. The highest BCUT2D eigenvalue weighted by molar-refractivity contribution is 5.93. The molecule has 100 valence electrons. The Hall–Kier alpha value is -2.14. The molecule has 2 aromatic rings. The summed E-state index contributed by atoms with van der Waals surface area (Å²) in [5, 5.41) is 7.01. The normalized spacial score (nSPS) is 12.1. The van der Waals surface area contributed by atoms with Crippen LogP contribution in [0.1, 0.15) is 19.8 Å². The summed E-state index contributed by atoms with van der Waals surface area (Å²) in [6.07, 6.45) is 3.36. The molecule has 0 saturated carbocycles. The Morgan fingerprint density at radius 3 is 2.79 bits per heavy atom. The van der Waals surface area contributed by atoms with Gasteiger partial charge in [0.1, 0.15) is 0 Å². The predicted octanol–water partition coefficient (Wildman–Crippen LogP) is 1.94. The number of carbonyl (C=O) groups is 1. The molecule has 0 bridgehead atoms. The van der Waals surface area contributed by atoms with Crippen molar-refractivity contribution in [3.05, 3.63) is 42.6 Å². The van der Waals surface area contributed by atoms with Crippen LogP contribution in [-0.4, -0.2) is 21.7 Å². The SMILES string of the molecule is CCCC(N)C(=O)Nc1ccn(-c2ccccc2)n1. The lowest BCUT2D eigenvalue weighted by atomic mass is 10.2. The molecular weight excluding hydrogens is 240 g/mol. The van der Waals surface area contributed by atoms with Crippen molar-refractivity contribution in [3.8, 4) is 5.69 Å². The van der Waals surface area contributed by atoms with Crippen LogP contribution in [0.5, 0.6) is 0 Å². The lowest BCUT2D eigenvalue weighted by Gasteiger charge is -2.09. The van der Waals surface area contributed by atoms with Crippen molar-refractivity contribution in [2.45, 2.75) is 25.8 Å². The Bertz CT molecular complexity index is 535. The number of anilines is 1. The molecule has 0 aliphatic heterocycles. The molecule has 19 heavy (non-hydrogen) atoms. The van der Waals surface area contributed by atoms with E-state index in [1.165, 1.54) is 0 Å². The van der Waals surface area contributed by atoms with E-state index in [0.29, 0.717) is 12.2 Å². The Labute approximate surface area is 112 Å². The number of hydrogen-bond donors (Lipinski definition) is 2. The van der Waals surface area contributed by atoms with Crippen molar-refractivity contribution in [1.82, 2.24) is 9.78 Å². The third-order valence-electron chi connectivity index (χ3n) is 2.80. The molecule has 1 atom stereocenters. The molecule has 0 saturated heterocycles. The van der Waals surface area contributed by atoms with Gasteiger partial charge in [-0.2, -0.15) is 5.10 Å². The van der Waals surface area contributed by atoms with Crippen LogP contribution in [-0.2, 0) is 4.79 Å². The van der Waals surface area contributed by atoms with Crippen LogP contribution in [0.4, 0.5) is 5.82 Å². The average Bonchev–Trinajstić information content (AvgIpc) is 2.88. The van der Waals surface area contributed by atoms with Gasteiger partial charge >= 0.3 is 0 Å². The summed E-state index contributed by atoms with van der Waals surface area (Å²) in [6, 6.07) is 11.0. The van der Waals surface area contributed by atoms with Gasteiger partial charge in [0, 0.05) is 12.3 Å². The van der Waals surface area contributed by atoms with E-state index in [4.69, 9.17) is 5.73 Å². The highest BCUT2D eigenvalue weighted by Crippen LogP contribution is 2.10. The fraction of sp³-hybridized carbons (Fsp3) is 0.286. The number of nitrogens with zero attached hydrogens (tertiary/aromatic N) is 2. The van der Waals surface area contributed by atoms with Gasteiger partial charge in [0.25, 0.3) is 0 Å². The molecule has 1 aromatic carbocycles. The van der Waals surface area contributed by atoms with Gasteiger partial charge in [-0.25, -0.2) is 4.68 Å². The summed E-state index contributed by atoms with van der Waals surface area (Å²) in [5.41, 5.74) is 6.69. The van der Waals surface area contributed by atoms with Crippen LogP contribution in [0, 0.1) is 0 Å². The number of carbonyl (C=O) groups excluding carboxylic acids is 1. The first-order valence-electron chi connectivity index (χ1n) is 6.38. The lowest BCUT2D eigenvalue weighted by Crippen LogP contribution is -2.35. The first kappa shape index (κ1) is 13.3. The highest BCUT2D eigenvalue weighted by atomic mass is 16.2. The Morgan fingerprint density at radius 1 is 1.37 bits per heavy atom. The second-order valence-electron chi connectivity index (χ2n) is 4.37. The number of nitrogens with one attached hydrogen (secondary N) is 1. The predicted molar refractivity (Wildman–Crippen MR) is 75.1 cm³/mol. The van der Waals surface area contributed by atoms with Crippen LogP contribution >= 0.6 is 0 Å². The topological polar surface area (TPSA) is 72.9 Å². The zero-order valence-corrected chi connectivity index (χ0v) is 10.9. The van der Waals surface area contributed by atoms with E-state index in [0.717, 1.165) is 12.1 Å². The molecule has 0 fully saturated rings. The largest absolute Gasteiger partial charge is 0.320 e. The second-order valence-corrected chi connectivity index (χ2v) is 4.37. The van der Waals surface area contributed by atoms with E-state index in [9.17, 15) is 4.79 Å². The number of hydrogen-bond acceptors (Lipinski definition) is 3. The molecule has 1 amide bonds. The Morgan fingerprint density at radius 2 is 2.11 bits per heavy atom. The smallest absolute Gasteiger partial charge is 0.242 e. The van der Waals surface area contributed by atoms with Crippen molar-refractivity contribution < 1.29 is 4.79 Å². The summed E-state index contributed by atoms with van der Waals surface area (Å²) in [5.74, 6) is 0.320. The molecule has 2 rings (SSSR count). The molecular formula is C14H18N4O. The molecule has 3 N–H and O–H groups in total. The molecule has 5 nitrogen and oxygen atoms in total. The van der Waals surface area contributed by atoms with Crippen molar-refractivity contribution in [1.29, 1.82) is 0 Å². The number of para-hydroxylation sites is 1. The quantitative estimate of drug-likeness (QED) is 0.860. The van der Waals surface area contributed by atoms with Crippen molar-refractivity contribution in [2.75, 3.05) is 5.32 Å². The van der Waals surface area contributed by atoms with E-state index < -0.39 is 6.04 Å². The van der Waals surface area contributed by atoms with Crippen molar-refractivity contribution in [2.24, 2.45) is 5.73 Å². The fourth-order valence-corrected chi connectivity index (χ4v) is 1.78. The summed E-state index contributed by atoms with van der Waals surface area (Å²) in [6.45, 7) is 2.00. The maximum Gasteiger partial charge on any atom is 0.242 e. The fourth-order valence-electron chi connectivity index (χ4n) is 1.78. The van der Waals surface area contributed by atoms with Gasteiger partial charge in [-0.15, -0.1) is 0 Å². The van der Waals surface area contributed by atoms with Gasteiger partial charge < -0.3 is 11.1 Å². The summed E-state index contributed by atoms with van der Waals surface area (Å²) < 4.78 is 1.71. The monoisotopic (exact) mass is 258 g/mol. The van der Waals surface area contributed by atoms with Crippen molar-refractivity contribution >= 4 is 11.7 Å². The zero-order valence-electron chi connectivity index (χ0n) is 10.9. The molecule has 5 heteroatoms. The lowest BCUT2D eigenvalue weighted by molar-refractivity contribution is -0.117. The minimum atomic E-state index is -0.480. The number of benzene rings is 1. The number of amides is 1. The summed E-state index contributed by atoms with van der Waals surface area (Å²) in [4.78, 5) is 11.8. The first-order chi connectivity index (χ1) is 9.20. The van der Waals surface area contributed by atoms with Gasteiger partial charge in [0.2, 0.25) is 5.91 Å². The van der Waals surface area contributed by atoms with Gasteiger partial charge in [-0.3, -0.25) is 4.79 Å². The maximum atomic E-state index is 11.8. The molecule has 1 unspecified atom stereocenters. The van der Waals surface area contributed by atoms with E-state index in [2.05, 4.69) is 10.4 Å². The Balaban J connectivity index is 2.04. The highest BCUT2D eigenvalue weighted by Gasteiger charge is 2.13. The minimum Gasteiger partial charge on any atom is -0.320 e. The molecule has 0 radical (unpaired) electrons. The standard InChI is InChI=1S/C14H18N4O/c1-2-6-12(15)14(19)16-13-9-10-18(17-13)11-7-4-3-5-8-11/h3-5,7-10,12H,2,6,15H2,1H3,(H,16,17,19). The van der Waals surface area contributed by atoms with Crippen LogP contribution < -0.4 is 11.1 Å². The van der Waals surface area contributed by atoms with E-state index in [-0.39, 0.29) is 5.91 Å². The zero-order chi connectivity index (χ0) is 13.7. The van der Waals surface area contributed by atoms with Gasteiger partial charge in [0.15, 0.2) is 5.82 Å². The molecule has 1 aromatic heterocycles. The molecule has 0 spiro atoms. The van der Waals surface area contributed by atoms with E-state index in [1.807, 2.05) is 37.3 Å². The number of aromatic nitrogens is 2. The number of nitrogens with two attached hydrogens (primary N) is 1. The second kappa shape index (κ2) is 6.15. The molecule has 0 aliphatic rings. The Kier molecular flexibility index (Phi) is 4.30. The van der Waals surface area contributed by atoms with Crippen LogP contribution in [0.3, 0.4) is 0 Å². The minimum absolute atomic E-state index is 0.194. The summed E-state index contributed by atoms with van der Waals surface area (Å²) in [7, 11) is 0. The van der Waals surface area contributed by atoms with E-state index in [1.54, 1.807) is 16.9 Å². The number of rotatable bonds is 5. The van der Waals surface area contributed by atoms with Crippen molar-refractivity contribution in [3.63, 3.8) is 0 Å². The molecule has 0 aliphatic carbocycles. The van der Waals surface area contributed by atoms with Gasteiger partial charge in [-0.05, 0) is 18.6 Å². The van der Waals surface area contributed by atoms with E-state index >= 15 is 0 Å². The van der Waals surface area contributed by atoms with Gasteiger partial charge in [0.05, 0.1) is 11.7 Å². The van der Waals surface area contributed by atoms with Gasteiger partial charge in [-0.1, -0.05) is 31.5 Å². The van der Waals surface area contributed by atoms with Crippen LogP contribution in [0.15, 0.2) is 42.6 Å². The first-order valence-corrected chi connectivity index (χ1v) is 6.38. The summed E-state index contributed by atoms with van der Waals surface area (Å²) >= 11 is 0. The van der Waals surface area contributed by atoms with Crippen LogP contribution in [0.25, 0.3) is 5.69 Å². The maximum absolute atomic E-state index is 11.8.